The molecule has 2 aromatic rings. The maximum absolute atomic E-state index is 5.61. The molecule has 0 saturated heterocycles. The fourth-order valence-corrected chi connectivity index (χ4v) is 3.49. The molecule has 3 heterocycles. The first-order valence-corrected chi connectivity index (χ1v) is 8.03. The number of rotatable bonds is 2. The van der Waals surface area contributed by atoms with Gasteiger partial charge in [-0.15, -0.1) is 0 Å². The Balaban J connectivity index is 1.66. The predicted octanol–water partition coefficient (Wildman–Crippen LogP) is 4.54. The Morgan fingerprint density at radius 1 is 1.09 bits per heavy atom. The van der Waals surface area contributed by atoms with Crippen LogP contribution in [-0.2, 0) is 0 Å². The summed E-state index contributed by atoms with van der Waals surface area (Å²) in [7, 11) is 0. The highest BCUT2D eigenvalue weighted by Crippen LogP contribution is 2.37. The highest BCUT2D eigenvalue weighted by atomic mass is 16.3. The molecule has 0 amide bonds. The van der Waals surface area contributed by atoms with Crippen LogP contribution in [0.3, 0.4) is 0 Å². The van der Waals surface area contributed by atoms with Gasteiger partial charge in [-0.25, -0.2) is 0 Å². The molecule has 0 spiro atoms. The molecule has 114 valence electrons. The van der Waals surface area contributed by atoms with E-state index in [2.05, 4.69) is 16.6 Å². The number of allylic oxidation sites excluding steroid dienone is 1. The van der Waals surface area contributed by atoms with Crippen molar-refractivity contribution in [3.05, 3.63) is 53.9 Å². The Morgan fingerprint density at radius 3 is 2.82 bits per heavy atom. The Kier molecular flexibility index (Phi) is 3.59. The van der Waals surface area contributed by atoms with Crippen molar-refractivity contribution in [1.82, 2.24) is 5.43 Å². The van der Waals surface area contributed by atoms with E-state index in [0.717, 1.165) is 24.4 Å². The number of furan rings is 2. The van der Waals surface area contributed by atoms with Crippen molar-refractivity contribution in [3.63, 3.8) is 0 Å². The number of nitrogens with one attached hydrogen (secondary N) is 1. The summed E-state index contributed by atoms with van der Waals surface area (Å²) in [6, 6.07) is 8.05. The van der Waals surface area contributed by atoms with E-state index in [1.54, 1.807) is 12.5 Å². The van der Waals surface area contributed by atoms with Crippen molar-refractivity contribution in [3.8, 4) is 0 Å². The third-order valence-corrected chi connectivity index (χ3v) is 4.58. The zero-order chi connectivity index (χ0) is 14.8. The van der Waals surface area contributed by atoms with E-state index >= 15 is 0 Å². The van der Waals surface area contributed by atoms with Crippen molar-refractivity contribution in [1.29, 1.82) is 0 Å². The summed E-state index contributed by atoms with van der Waals surface area (Å²) >= 11 is 0. The fraction of sp³-hybridized carbons (Fsp3) is 0.389. The van der Waals surface area contributed by atoms with E-state index in [1.165, 1.54) is 30.5 Å². The molecule has 2 unspecified atom stereocenters. The van der Waals surface area contributed by atoms with Crippen LogP contribution in [0.4, 0.5) is 0 Å². The lowest BCUT2D eigenvalue weighted by Crippen LogP contribution is -2.23. The minimum absolute atomic E-state index is 0.156. The van der Waals surface area contributed by atoms with Crippen molar-refractivity contribution in [2.45, 2.75) is 38.1 Å². The third kappa shape index (κ3) is 2.49. The largest absolute Gasteiger partial charge is 0.467 e. The molecular formula is C18H20N2O2. The minimum atomic E-state index is 0.156. The van der Waals surface area contributed by atoms with E-state index in [0.29, 0.717) is 5.92 Å². The molecule has 1 N–H and O–H groups in total. The molecule has 1 aliphatic heterocycles. The van der Waals surface area contributed by atoms with Gasteiger partial charge < -0.3 is 8.83 Å². The molecule has 2 atom stereocenters. The Labute approximate surface area is 129 Å². The first-order chi connectivity index (χ1) is 10.9. The first kappa shape index (κ1) is 13.4. The van der Waals surface area contributed by atoms with Crippen molar-refractivity contribution in [2.24, 2.45) is 11.0 Å². The molecule has 0 radical (unpaired) electrons. The normalized spacial score (nSPS) is 26.9. The van der Waals surface area contributed by atoms with Gasteiger partial charge in [-0.1, -0.05) is 12.8 Å². The lowest BCUT2D eigenvalue weighted by atomic mass is 9.82. The fourth-order valence-electron chi connectivity index (χ4n) is 3.49. The van der Waals surface area contributed by atoms with Crippen molar-refractivity contribution < 1.29 is 8.83 Å². The van der Waals surface area contributed by atoms with E-state index in [4.69, 9.17) is 8.83 Å². The zero-order valence-corrected chi connectivity index (χ0v) is 12.5. The monoisotopic (exact) mass is 296 g/mol. The van der Waals surface area contributed by atoms with Crippen LogP contribution in [0.1, 0.15) is 49.7 Å². The molecule has 1 aliphatic carbocycles. The molecule has 1 fully saturated rings. The number of hydrazone groups is 1. The van der Waals surface area contributed by atoms with Gasteiger partial charge in [0, 0.05) is 5.92 Å². The molecule has 4 nitrogen and oxygen atoms in total. The van der Waals surface area contributed by atoms with Gasteiger partial charge in [0.25, 0.3) is 0 Å². The van der Waals surface area contributed by atoms with E-state index in [9.17, 15) is 0 Å². The van der Waals surface area contributed by atoms with Crippen LogP contribution < -0.4 is 5.43 Å². The van der Waals surface area contributed by atoms with Gasteiger partial charge in [0.1, 0.15) is 17.6 Å². The molecule has 4 heteroatoms. The number of hydrogen-bond acceptors (Lipinski definition) is 4. The minimum Gasteiger partial charge on any atom is -0.467 e. The van der Waals surface area contributed by atoms with E-state index in [1.807, 2.05) is 24.3 Å². The third-order valence-electron chi connectivity index (χ3n) is 4.58. The average Bonchev–Trinajstić information content (AvgIpc) is 3.24. The second kappa shape index (κ2) is 5.87. The molecule has 2 aliphatic rings. The van der Waals surface area contributed by atoms with Gasteiger partial charge in [0.05, 0.1) is 18.2 Å². The summed E-state index contributed by atoms with van der Waals surface area (Å²) in [5.74, 6) is 2.26. The van der Waals surface area contributed by atoms with E-state index < -0.39 is 0 Å². The maximum Gasteiger partial charge on any atom is 0.128 e. The number of fused-ring (bicyclic) bond motifs is 1. The summed E-state index contributed by atoms with van der Waals surface area (Å²) in [5, 5.41) is 4.66. The maximum atomic E-state index is 5.61. The molecule has 1 saturated carbocycles. The summed E-state index contributed by atoms with van der Waals surface area (Å²) in [6.45, 7) is 0. The molecule has 0 aromatic carbocycles. The van der Waals surface area contributed by atoms with Gasteiger partial charge in [-0.2, -0.15) is 5.10 Å². The zero-order valence-electron chi connectivity index (χ0n) is 12.5. The van der Waals surface area contributed by atoms with Crippen LogP contribution in [0.5, 0.6) is 0 Å². The second-order valence-electron chi connectivity index (χ2n) is 6.01. The lowest BCUT2D eigenvalue weighted by Gasteiger charge is -2.22. The van der Waals surface area contributed by atoms with E-state index in [-0.39, 0.29) is 6.04 Å². The van der Waals surface area contributed by atoms with Crippen molar-refractivity contribution in [2.75, 3.05) is 0 Å². The highest BCUT2D eigenvalue weighted by Gasteiger charge is 2.36. The van der Waals surface area contributed by atoms with Crippen LogP contribution >= 0.6 is 0 Å². The van der Waals surface area contributed by atoms with Gasteiger partial charge >= 0.3 is 0 Å². The summed E-state index contributed by atoms with van der Waals surface area (Å²) in [5.41, 5.74) is 5.76. The lowest BCUT2D eigenvalue weighted by molar-refractivity contribution is 0.370. The molecule has 4 rings (SSSR count). The van der Waals surface area contributed by atoms with Gasteiger partial charge in [0.2, 0.25) is 0 Å². The second-order valence-corrected chi connectivity index (χ2v) is 6.01. The molecule has 0 bridgehead atoms. The summed E-state index contributed by atoms with van der Waals surface area (Å²) in [6.07, 6.45) is 11.5. The predicted molar refractivity (Wildman–Crippen MR) is 85.3 cm³/mol. The standard InChI is InChI=1S/C18H20N2O2/c1-2-6-13(12-14-7-4-10-21-14)17-15(8-3-1)18(20-19-17)16-9-5-11-22-16/h4-5,7,9-12,15,18,20H,1-3,6,8H2/b13-12+. The smallest absolute Gasteiger partial charge is 0.128 e. The Morgan fingerprint density at radius 2 is 2.00 bits per heavy atom. The summed E-state index contributed by atoms with van der Waals surface area (Å²) in [4.78, 5) is 0. The highest BCUT2D eigenvalue weighted by molar-refractivity contribution is 6.06. The SMILES string of the molecule is C(=C1/CCCCCC2C1=NNC2c1ccco1)/c1ccco1. The van der Waals surface area contributed by atoms with Crippen molar-refractivity contribution >= 4 is 11.8 Å². The number of hydrogen-bond donors (Lipinski definition) is 1. The average molecular weight is 296 g/mol. The van der Waals surface area contributed by atoms with Crippen LogP contribution in [0, 0.1) is 5.92 Å². The number of nitrogens with zero attached hydrogens (tertiary/aromatic N) is 1. The molecule has 2 aromatic heterocycles. The quantitative estimate of drug-likeness (QED) is 0.885. The van der Waals surface area contributed by atoms with Crippen LogP contribution in [0.2, 0.25) is 0 Å². The first-order valence-electron chi connectivity index (χ1n) is 8.03. The topological polar surface area (TPSA) is 50.7 Å². The van der Waals surface area contributed by atoms with Gasteiger partial charge in [-0.05, 0) is 55.2 Å². The Hall–Kier alpha value is -2.23. The van der Waals surface area contributed by atoms with Crippen LogP contribution in [0.15, 0.2) is 56.3 Å². The molecule has 22 heavy (non-hydrogen) atoms. The van der Waals surface area contributed by atoms with Gasteiger partial charge in [-0.3, -0.25) is 5.43 Å². The summed E-state index contributed by atoms with van der Waals surface area (Å²) < 4.78 is 11.1. The van der Waals surface area contributed by atoms with Crippen LogP contribution in [-0.4, -0.2) is 5.71 Å². The Bertz CT molecular complexity index is 668. The van der Waals surface area contributed by atoms with Crippen LogP contribution in [0.25, 0.3) is 6.08 Å². The molecular weight excluding hydrogens is 276 g/mol. The van der Waals surface area contributed by atoms with Gasteiger partial charge in [0.15, 0.2) is 0 Å².